The van der Waals surface area contributed by atoms with Crippen LogP contribution in [0.5, 0.6) is 5.88 Å². The van der Waals surface area contributed by atoms with Crippen LogP contribution in [0.25, 0.3) is 17.2 Å². The Kier molecular flexibility index (Phi) is 4.49. The van der Waals surface area contributed by atoms with Gasteiger partial charge in [-0.25, -0.2) is 19.9 Å². The molecule has 0 bridgehead atoms. The second-order valence-corrected chi connectivity index (χ2v) is 6.01. The topological polar surface area (TPSA) is 121 Å². The number of carbonyl (C=O) groups is 1. The number of nitrogens with zero attached hydrogens (tertiary/aromatic N) is 7. The third kappa shape index (κ3) is 3.48. The summed E-state index contributed by atoms with van der Waals surface area (Å²) < 4.78 is 6.45. The summed E-state index contributed by atoms with van der Waals surface area (Å²) in [4.78, 5) is 29.2. The number of carbonyl (C=O) groups excluding carboxylic acids is 1. The normalized spacial score (nSPS) is 10.6. The highest BCUT2D eigenvalue weighted by Crippen LogP contribution is 2.25. The highest BCUT2D eigenvalue weighted by molar-refractivity contribution is 7.14. The van der Waals surface area contributed by atoms with Crippen molar-refractivity contribution in [3.63, 3.8) is 0 Å². The van der Waals surface area contributed by atoms with Crippen molar-refractivity contribution in [1.29, 1.82) is 0 Å². The monoisotopic (exact) mass is 380 g/mol. The smallest absolute Gasteiger partial charge is 0.277 e. The van der Waals surface area contributed by atoms with Crippen molar-refractivity contribution in [2.24, 2.45) is 0 Å². The molecule has 4 heterocycles. The van der Waals surface area contributed by atoms with Gasteiger partial charge in [-0.3, -0.25) is 10.1 Å². The van der Waals surface area contributed by atoms with Crippen LogP contribution < -0.4 is 10.1 Å². The van der Waals surface area contributed by atoms with Crippen molar-refractivity contribution < 1.29 is 9.53 Å². The summed E-state index contributed by atoms with van der Waals surface area (Å²) in [6, 6.07) is 7.02. The molecule has 0 aromatic carbocycles. The maximum atomic E-state index is 12.6. The van der Waals surface area contributed by atoms with Gasteiger partial charge >= 0.3 is 0 Å². The molecule has 134 valence electrons. The summed E-state index contributed by atoms with van der Waals surface area (Å²) in [7, 11) is 1.55. The van der Waals surface area contributed by atoms with Crippen LogP contribution in [0.15, 0.2) is 48.4 Å². The fourth-order valence-electron chi connectivity index (χ4n) is 2.25. The van der Waals surface area contributed by atoms with Gasteiger partial charge in [-0.15, -0.1) is 16.4 Å². The number of aromatic nitrogens is 7. The third-order valence-corrected chi connectivity index (χ3v) is 4.24. The summed E-state index contributed by atoms with van der Waals surface area (Å²) in [5, 5.41) is 12.6. The molecule has 0 aliphatic carbocycles. The number of thiazole rings is 1. The van der Waals surface area contributed by atoms with Crippen molar-refractivity contribution in [3.05, 3.63) is 54.1 Å². The van der Waals surface area contributed by atoms with Crippen molar-refractivity contribution in [1.82, 2.24) is 34.9 Å². The van der Waals surface area contributed by atoms with Gasteiger partial charge in [0.2, 0.25) is 5.88 Å². The summed E-state index contributed by atoms with van der Waals surface area (Å²) in [6.45, 7) is 0. The molecule has 0 saturated heterocycles. The Morgan fingerprint density at radius 2 is 2.15 bits per heavy atom. The van der Waals surface area contributed by atoms with E-state index in [2.05, 4.69) is 35.6 Å². The van der Waals surface area contributed by atoms with E-state index >= 15 is 0 Å². The van der Waals surface area contributed by atoms with Gasteiger partial charge in [0.25, 0.3) is 5.91 Å². The van der Waals surface area contributed by atoms with Crippen LogP contribution in [0.2, 0.25) is 0 Å². The van der Waals surface area contributed by atoms with Gasteiger partial charge in [-0.1, -0.05) is 11.3 Å². The molecule has 0 aliphatic heterocycles. The van der Waals surface area contributed by atoms with Gasteiger partial charge in [0.15, 0.2) is 16.6 Å². The minimum absolute atomic E-state index is 0.227. The van der Waals surface area contributed by atoms with Crippen LogP contribution in [0.1, 0.15) is 10.5 Å². The molecular formula is C16H12N8O2S. The first-order chi connectivity index (χ1) is 13.2. The Morgan fingerprint density at radius 1 is 1.22 bits per heavy atom. The average Bonchev–Trinajstić information content (AvgIpc) is 3.38. The molecule has 27 heavy (non-hydrogen) atoms. The van der Waals surface area contributed by atoms with Gasteiger partial charge in [0.05, 0.1) is 19.0 Å². The maximum absolute atomic E-state index is 12.6. The lowest BCUT2D eigenvalue weighted by atomic mass is 10.3. The molecule has 0 saturated carbocycles. The van der Waals surface area contributed by atoms with Gasteiger partial charge < -0.3 is 4.74 Å². The number of anilines is 1. The molecule has 4 aromatic heterocycles. The van der Waals surface area contributed by atoms with Crippen LogP contribution in [0, 0.1) is 0 Å². The second-order valence-electron chi connectivity index (χ2n) is 5.16. The maximum Gasteiger partial charge on any atom is 0.277 e. The van der Waals surface area contributed by atoms with E-state index in [0.717, 1.165) is 0 Å². The number of amides is 1. The second kappa shape index (κ2) is 7.25. The number of nitrogens with one attached hydrogen (secondary N) is 1. The number of rotatable bonds is 5. The van der Waals surface area contributed by atoms with Crippen LogP contribution in [0.3, 0.4) is 0 Å². The molecule has 0 unspecified atom stereocenters. The number of methoxy groups -OCH3 is 1. The molecule has 0 radical (unpaired) electrons. The minimum Gasteiger partial charge on any atom is -0.481 e. The van der Waals surface area contributed by atoms with Crippen LogP contribution in [-0.4, -0.2) is 47.9 Å². The largest absolute Gasteiger partial charge is 0.481 e. The van der Waals surface area contributed by atoms with E-state index in [1.165, 1.54) is 28.5 Å². The van der Waals surface area contributed by atoms with E-state index in [4.69, 9.17) is 4.74 Å². The van der Waals surface area contributed by atoms with Gasteiger partial charge in [-0.2, -0.15) is 4.68 Å². The number of hydrogen-bond donors (Lipinski definition) is 1. The summed E-state index contributed by atoms with van der Waals surface area (Å²) >= 11 is 1.29. The fourth-order valence-corrected chi connectivity index (χ4v) is 2.95. The lowest BCUT2D eigenvalue weighted by Crippen LogP contribution is -2.17. The van der Waals surface area contributed by atoms with Crippen LogP contribution in [0.4, 0.5) is 5.13 Å². The van der Waals surface area contributed by atoms with Crippen molar-refractivity contribution >= 4 is 22.4 Å². The Labute approximate surface area is 156 Å². The first kappa shape index (κ1) is 16.7. The van der Waals surface area contributed by atoms with E-state index in [-0.39, 0.29) is 5.69 Å². The minimum atomic E-state index is -0.405. The molecule has 11 heteroatoms. The molecular weight excluding hydrogens is 368 g/mol. The lowest BCUT2D eigenvalue weighted by Gasteiger charge is -2.04. The quantitative estimate of drug-likeness (QED) is 0.557. The van der Waals surface area contributed by atoms with E-state index in [1.54, 1.807) is 30.8 Å². The number of ether oxygens (including phenoxy) is 1. The van der Waals surface area contributed by atoms with Crippen LogP contribution in [-0.2, 0) is 0 Å². The van der Waals surface area contributed by atoms with Crippen molar-refractivity contribution in [2.45, 2.75) is 0 Å². The van der Waals surface area contributed by atoms with Gasteiger partial charge in [0, 0.05) is 23.7 Å². The Hall–Kier alpha value is -3.73. The van der Waals surface area contributed by atoms with E-state index < -0.39 is 5.91 Å². The molecule has 4 aromatic rings. The van der Waals surface area contributed by atoms with E-state index in [9.17, 15) is 4.79 Å². The molecule has 1 N–H and O–H groups in total. The number of hydrogen-bond acceptors (Lipinski definition) is 9. The molecule has 1 amide bonds. The van der Waals surface area contributed by atoms with Gasteiger partial charge in [0.1, 0.15) is 12.0 Å². The molecule has 10 nitrogen and oxygen atoms in total. The zero-order chi connectivity index (χ0) is 18.6. The highest BCUT2D eigenvalue weighted by Gasteiger charge is 2.17. The molecule has 0 fully saturated rings. The fraction of sp³-hybridized carbons (Fsp3) is 0.0625. The first-order valence-electron chi connectivity index (χ1n) is 7.70. The zero-order valence-electron chi connectivity index (χ0n) is 14.0. The highest BCUT2D eigenvalue weighted by atomic mass is 32.1. The third-order valence-electron chi connectivity index (χ3n) is 3.49. The van der Waals surface area contributed by atoms with Gasteiger partial charge in [-0.05, 0) is 6.07 Å². The first-order valence-corrected chi connectivity index (χ1v) is 8.58. The van der Waals surface area contributed by atoms with E-state index in [0.29, 0.717) is 28.2 Å². The summed E-state index contributed by atoms with van der Waals surface area (Å²) in [5.74, 6) is 0.525. The zero-order valence-corrected chi connectivity index (χ0v) is 14.8. The number of pyridine rings is 1. The predicted molar refractivity (Wildman–Crippen MR) is 96.8 cm³/mol. The van der Waals surface area contributed by atoms with E-state index in [1.807, 2.05) is 12.1 Å². The van der Waals surface area contributed by atoms with Crippen LogP contribution >= 0.6 is 11.3 Å². The molecule has 0 aliphatic rings. The van der Waals surface area contributed by atoms with Crippen molar-refractivity contribution in [3.8, 4) is 23.1 Å². The SMILES string of the molecule is COc1cccc(-c2csc(NC(=O)c3cnnn3-c3ccncn3)n2)n1. The standard InChI is InChI=1S/C16H12N8O2S/c1-26-14-4-2-3-10(20-14)11-8-27-16(21-11)22-15(25)12-7-19-23-24(12)13-5-6-17-9-18-13/h2-9H,1H3,(H,21,22,25). The molecule has 0 atom stereocenters. The average molecular weight is 380 g/mol. The Morgan fingerprint density at radius 3 is 2.96 bits per heavy atom. The lowest BCUT2D eigenvalue weighted by molar-refractivity contribution is 0.101. The Balaban J connectivity index is 1.55. The Bertz CT molecular complexity index is 1080. The molecule has 4 rings (SSSR count). The predicted octanol–water partition coefficient (Wildman–Crippen LogP) is 1.84. The van der Waals surface area contributed by atoms with Crippen molar-refractivity contribution in [2.75, 3.05) is 12.4 Å². The summed E-state index contributed by atoms with van der Waals surface area (Å²) in [5.41, 5.74) is 1.51. The summed E-state index contributed by atoms with van der Waals surface area (Å²) in [6.07, 6.45) is 4.28. The molecule has 0 spiro atoms.